The number of hydrogen-bond donors (Lipinski definition) is 1. The number of halogens is 1. The van der Waals surface area contributed by atoms with Gasteiger partial charge in [-0.05, 0) is 36.8 Å². The van der Waals surface area contributed by atoms with Crippen LogP contribution in [0.25, 0.3) is 0 Å². The van der Waals surface area contributed by atoms with E-state index in [2.05, 4.69) is 15.9 Å². The lowest BCUT2D eigenvalue weighted by atomic mass is 10.0. The summed E-state index contributed by atoms with van der Waals surface area (Å²) < 4.78 is 11.4. The molecule has 0 saturated carbocycles. The van der Waals surface area contributed by atoms with Gasteiger partial charge >= 0.3 is 0 Å². The highest BCUT2D eigenvalue weighted by Gasteiger charge is 2.20. The van der Waals surface area contributed by atoms with Crippen LogP contribution in [-0.4, -0.2) is 12.2 Å². The highest BCUT2D eigenvalue weighted by atomic mass is 79.9. The van der Waals surface area contributed by atoms with Gasteiger partial charge in [0, 0.05) is 10.0 Å². The van der Waals surface area contributed by atoms with E-state index in [4.69, 9.17) is 9.15 Å². The summed E-state index contributed by atoms with van der Waals surface area (Å²) in [5, 5.41) is 10.3. The normalized spacial score (nSPS) is 12.5. The number of aliphatic hydroxyl groups excluding tert-OH is 1. The van der Waals surface area contributed by atoms with E-state index in [0.29, 0.717) is 17.1 Å². The van der Waals surface area contributed by atoms with Crippen LogP contribution < -0.4 is 4.74 Å². The van der Waals surface area contributed by atoms with Crippen LogP contribution in [-0.2, 0) is 0 Å². The molecule has 0 aliphatic carbocycles. The lowest BCUT2D eigenvalue weighted by Crippen LogP contribution is -2.02. The molecular formula is C13H13BrO3. The van der Waals surface area contributed by atoms with Crippen molar-refractivity contribution in [2.24, 2.45) is 0 Å². The first-order chi connectivity index (χ1) is 8.13. The van der Waals surface area contributed by atoms with E-state index in [1.54, 1.807) is 19.4 Å². The van der Waals surface area contributed by atoms with Crippen molar-refractivity contribution in [2.45, 2.75) is 13.0 Å². The van der Waals surface area contributed by atoms with Gasteiger partial charge in [0.2, 0.25) is 0 Å². The van der Waals surface area contributed by atoms with Gasteiger partial charge in [0.25, 0.3) is 0 Å². The van der Waals surface area contributed by atoms with Gasteiger partial charge in [-0.1, -0.05) is 15.9 Å². The van der Waals surface area contributed by atoms with Gasteiger partial charge in [0.05, 0.1) is 13.4 Å². The van der Waals surface area contributed by atoms with E-state index in [-0.39, 0.29) is 0 Å². The van der Waals surface area contributed by atoms with Crippen molar-refractivity contribution < 1.29 is 14.3 Å². The Morgan fingerprint density at radius 3 is 2.71 bits per heavy atom. The van der Waals surface area contributed by atoms with E-state index in [9.17, 15) is 5.11 Å². The molecule has 90 valence electrons. The molecule has 0 spiro atoms. The van der Waals surface area contributed by atoms with Gasteiger partial charge in [-0.3, -0.25) is 0 Å². The Morgan fingerprint density at radius 2 is 2.12 bits per heavy atom. The molecule has 0 radical (unpaired) electrons. The summed E-state index contributed by atoms with van der Waals surface area (Å²) in [5.41, 5.74) is 1.60. The van der Waals surface area contributed by atoms with Crippen LogP contribution in [0.4, 0.5) is 0 Å². The fourth-order valence-corrected chi connectivity index (χ4v) is 2.10. The number of rotatable bonds is 3. The van der Waals surface area contributed by atoms with Gasteiger partial charge in [0.1, 0.15) is 17.6 Å². The Balaban J connectivity index is 2.46. The van der Waals surface area contributed by atoms with E-state index >= 15 is 0 Å². The third-order valence-corrected chi connectivity index (χ3v) is 3.13. The summed E-state index contributed by atoms with van der Waals surface area (Å²) in [6.07, 6.45) is 0.746. The molecule has 1 heterocycles. The van der Waals surface area contributed by atoms with E-state index in [0.717, 1.165) is 10.0 Å². The minimum absolute atomic E-state index is 0.543. The second-order valence-corrected chi connectivity index (χ2v) is 4.67. The smallest absolute Gasteiger partial charge is 0.140 e. The predicted octanol–water partition coefficient (Wildman–Crippen LogP) is 3.44. The second kappa shape index (κ2) is 4.94. The number of hydrogen-bond acceptors (Lipinski definition) is 3. The van der Waals surface area contributed by atoms with Gasteiger partial charge in [-0.25, -0.2) is 0 Å². The first-order valence-corrected chi connectivity index (χ1v) is 5.98. The van der Waals surface area contributed by atoms with Crippen LogP contribution in [0.15, 0.2) is 39.4 Å². The maximum Gasteiger partial charge on any atom is 0.140 e. The number of benzene rings is 1. The predicted molar refractivity (Wildman–Crippen MR) is 68.2 cm³/mol. The van der Waals surface area contributed by atoms with Crippen molar-refractivity contribution in [2.75, 3.05) is 7.11 Å². The van der Waals surface area contributed by atoms with Crippen molar-refractivity contribution in [1.29, 1.82) is 0 Å². The van der Waals surface area contributed by atoms with Crippen LogP contribution in [0.5, 0.6) is 5.75 Å². The first-order valence-electron chi connectivity index (χ1n) is 5.19. The van der Waals surface area contributed by atoms with E-state index in [1.165, 1.54) is 0 Å². The third-order valence-electron chi connectivity index (χ3n) is 2.64. The van der Waals surface area contributed by atoms with Crippen molar-refractivity contribution >= 4 is 15.9 Å². The number of aliphatic hydroxyl groups is 1. The lowest BCUT2D eigenvalue weighted by molar-refractivity contribution is 0.184. The first kappa shape index (κ1) is 12.2. The molecule has 0 saturated heterocycles. The highest BCUT2D eigenvalue weighted by molar-refractivity contribution is 9.10. The second-order valence-electron chi connectivity index (χ2n) is 3.76. The monoisotopic (exact) mass is 296 g/mol. The molecule has 0 aliphatic heterocycles. The van der Waals surface area contributed by atoms with Crippen LogP contribution in [0.3, 0.4) is 0 Å². The molecule has 2 rings (SSSR count). The summed E-state index contributed by atoms with van der Waals surface area (Å²) in [6.45, 7) is 1.90. The Kier molecular flexibility index (Phi) is 3.54. The quantitative estimate of drug-likeness (QED) is 0.943. The molecule has 1 aromatic carbocycles. The van der Waals surface area contributed by atoms with Gasteiger partial charge in [-0.2, -0.15) is 0 Å². The van der Waals surface area contributed by atoms with E-state index < -0.39 is 6.10 Å². The molecule has 0 fully saturated rings. The number of aryl methyl sites for hydroxylation is 1. The minimum Gasteiger partial charge on any atom is -0.496 e. The standard InChI is InChI=1S/C13H13BrO3/c1-8-5-6-17-13(8)12(15)10-7-9(14)3-4-11(10)16-2/h3-7,12,15H,1-2H3. The Hall–Kier alpha value is -1.26. The van der Waals surface area contributed by atoms with Crippen molar-refractivity contribution in [3.63, 3.8) is 0 Å². The summed E-state index contributed by atoms with van der Waals surface area (Å²) in [4.78, 5) is 0. The molecule has 2 aromatic rings. The number of methoxy groups -OCH3 is 1. The average Bonchev–Trinajstić information content (AvgIpc) is 2.74. The summed E-state index contributed by atoms with van der Waals surface area (Å²) in [7, 11) is 1.58. The zero-order valence-corrected chi connectivity index (χ0v) is 11.2. The Bertz CT molecular complexity index is 519. The molecule has 0 amide bonds. The van der Waals surface area contributed by atoms with Gasteiger partial charge < -0.3 is 14.3 Å². The average molecular weight is 297 g/mol. The van der Waals surface area contributed by atoms with Crippen molar-refractivity contribution in [3.05, 3.63) is 51.9 Å². The summed E-state index contributed by atoms with van der Waals surface area (Å²) >= 11 is 3.38. The van der Waals surface area contributed by atoms with Crippen LogP contribution in [0.2, 0.25) is 0 Å². The number of ether oxygens (including phenoxy) is 1. The van der Waals surface area contributed by atoms with Crippen LogP contribution >= 0.6 is 15.9 Å². The maximum atomic E-state index is 10.3. The topological polar surface area (TPSA) is 42.6 Å². The zero-order chi connectivity index (χ0) is 12.4. The third kappa shape index (κ3) is 2.37. The molecule has 0 aliphatic rings. The Morgan fingerprint density at radius 1 is 1.35 bits per heavy atom. The molecule has 0 bridgehead atoms. The highest BCUT2D eigenvalue weighted by Crippen LogP contribution is 2.33. The minimum atomic E-state index is -0.822. The zero-order valence-electron chi connectivity index (χ0n) is 9.61. The maximum absolute atomic E-state index is 10.3. The molecule has 3 nitrogen and oxygen atoms in total. The van der Waals surface area contributed by atoms with Gasteiger partial charge in [-0.15, -0.1) is 0 Å². The molecular weight excluding hydrogens is 284 g/mol. The fourth-order valence-electron chi connectivity index (χ4n) is 1.72. The summed E-state index contributed by atoms with van der Waals surface area (Å²) in [5.74, 6) is 1.18. The number of furan rings is 1. The lowest BCUT2D eigenvalue weighted by Gasteiger charge is -2.14. The molecule has 17 heavy (non-hydrogen) atoms. The molecule has 1 unspecified atom stereocenters. The van der Waals surface area contributed by atoms with Crippen molar-refractivity contribution in [1.82, 2.24) is 0 Å². The van der Waals surface area contributed by atoms with Crippen LogP contribution in [0.1, 0.15) is 23.0 Å². The summed E-state index contributed by atoms with van der Waals surface area (Å²) in [6, 6.07) is 7.32. The largest absolute Gasteiger partial charge is 0.496 e. The molecule has 1 N–H and O–H groups in total. The molecule has 4 heteroatoms. The van der Waals surface area contributed by atoms with Crippen molar-refractivity contribution in [3.8, 4) is 5.75 Å². The fraction of sp³-hybridized carbons (Fsp3) is 0.231. The van der Waals surface area contributed by atoms with Gasteiger partial charge in [0.15, 0.2) is 0 Å². The molecule has 1 atom stereocenters. The molecule has 1 aromatic heterocycles. The van der Waals surface area contributed by atoms with E-state index in [1.807, 2.05) is 25.1 Å². The Labute approximate surface area is 108 Å². The SMILES string of the molecule is COc1ccc(Br)cc1C(O)c1occc1C. The van der Waals surface area contributed by atoms with Crippen LogP contribution in [0, 0.1) is 6.92 Å².